The van der Waals surface area contributed by atoms with Gasteiger partial charge in [0.05, 0.1) is 12.7 Å². The first-order valence-corrected chi connectivity index (χ1v) is 4.97. The Bertz CT molecular complexity index is 187. The van der Waals surface area contributed by atoms with E-state index in [4.69, 9.17) is 10.5 Å². The third-order valence-corrected chi connectivity index (χ3v) is 2.24. The maximum absolute atomic E-state index is 11.5. The van der Waals surface area contributed by atoms with E-state index in [1.54, 1.807) is 4.90 Å². The van der Waals surface area contributed by atoms with Crippen molar-refractivity contribution < 1.29 is 14.6 Å². The summed E-state index contributed by atoms with van der Waals surface area (Å²) in [4.78, 5) is 13.1. The first-order chi connectivity index (χ1) is 6.74. The van der Waals surface area contributed by atoms with E-state index in [0.29, 0.717) is 19.7 Å². The molecule has 0 unspecified atom stereocenters. The van der Waals surface area contributed by atoms with Gasteiger partial charge in [0.2, 0.25) is 5.91 Å². The van der Waals surface area contributed by atoms with E-state index in [2.05, 4.69) is 0 Å². The van der Waals surface area contributed by atoms with Crippen molar-refractivity contribution in [3.8, 4) is 0 Å². The van der Waals surface area contributed by atoms with Crippen LogP contribution in [0.4, 0.5) is 0 Å². The molecule has 0 radical (unpaired) electrons. The number of hydrogen-bond acceptors (Lipinski definition) is 4. The molecule has 1 atom stereocenters. The fourth-order valence-corrected chi connectivity index (χ4v) is 1.52. The molecule has 0 saturated carbocycles. The molecule has 1 heterocycles. The van der Waals surface area contributed by atoms with Gasteiger partial charge in [-0.25, -0.2) is 0 Å². The lowest BCUT2D eigenvalue weighted by molar-refractivity contribution is -0.139. The zero-order valence-electron chi connectivity index (χ0n) is 8.32. The smallest absolute Gasteiger partial charge is 0.248 e. The first kappa shape index (κ1) is 11.4. The lowest BCUT2D eigenvalue weighted by Gasteiger charge is -2.29. The molecule has 1 fully saturated rings. The van der Waals surface area contributed by atoms with E-state index in [9.17, 15) is 9.90 Å². The number of nitrogens with two attached hydrogens (primary N) is 1. The number of carbonyl (C=O) groups excluding carboxylic acids is 1. The van der Waals surface area contributed by atoms with Crippen molar-refractivity contribution in [2.45, 2.75) is 18.9 Å². The number of aliphatic hydroxyl groups is 1. The Morgan fingerprint density at radius 2 is 2.43 bits per heavy atom. The molecule has 5 heteroatoms. The Labute approximate surface area is 83.8 Å². The number of hydrogen-bond donors (Lipinski definition) is 2. The maximum Gasteiger partial charge on any atom is 0.248 e. The van der Waals surface area contributed by atoms with Crippen molar-refractivity contribution in [2.24, 2.45) is 5.73 Å². The van der Waals surface area contributed by atoms with E-state index in [0.717, 1.165) is 19.4 Å². The molecule has 14 heavy (non-hydrogen) atoms. The van der Waals surface area contributed by atoms with E-state index < -0.39 is 0 Å². The van der Waals surface area contributed by atoms with Crippen LogP contribution in [0.25, 0.3) is 0 Å². The number of likely N-dealkylation sites (tertiary alicyclic amines) is 1. The Morgan fingerprint density at radius 3 is 3.07 bits per heavy atom. The molecule has 1 amide bonds. The molecular formula is C9H18N2O3. The van der Waals surface area contributed by atoms with Crippen LogP contribution in [0.2, 0.25) is 0 Å². The fraction of sp³-hybridized carbons (Fsp3) is 0.889. The number of β-amino-alcohol motifs (C(OH)–C–C–N with tert-alkyl or cyclic N) is 1. The van der Waals surface area contributed by atoms with Gasteiger partial charge in [0, 0.05) is 19.6 Å². The van der Waals surface area contributed by atoms with Gasteiger partial charge in [-0.15, -0.1) is 0 Å². The van der Waals surface area contributed by atoms with Crippen LogP contribution in [0, 0.1) is 0 Å². The number of rotatable bonds is 4. The van der Waals surface area contributed by atoms with E-state index in [1.807, 2.05) is 0 Å². The van der Waals surface area contributed by atoms with Gasteiger partial charge in [-0.1, -0.05) is 0 Å². The normalized spacial score (nSPS) is 22.4. The fourth-order valence-electron chi connectivity index (χ4n) is 1.52. The Hall–Kier alpha value is -0.650. The number of aliphatic hydroxyl groups excluding tert-OH is 1. The summed E-state index contributed by atoms with van der Waals surface area (Å²) < 4.78 is 5.04. The largest absolute Gasteiger partial charge is 0.391 e. The Balaban J connectivity index is 2.22. The highest BCUT2D eigenvalue weighted by Gasteiger charge is 2.21. The summed E-state index contributed by atoms with van der Waals surface area (Å²) in [5.41, 5.74) is 5.23. The molecule has 1 saturated heterocycles. The summed E-state index contributed by atoms with van der Waals surface area (Å²) in [6.45, 7) is 2.06. The molecule has 0 aromatic carbocycles. The van der Waals surface area contributed by atoms with Gasteiger partial charge >= 0.3 is 0 Å². The molecule has 3 N–H and O–H groups in total. The number of piperidine rings is 1. The van der Waals surface area contributed by atoms with Crippen LogP contribution in [-0.2, 0) is 9.53 Å². The van der Waals surface area contributed by atoms with Crippen LogP contribution in [0.5, 0.6) is 0 Å². The lowest BCUT2D eigenvalue weighted by atomic mass is 10.1. The van der Waals surface area contributed by atoms with Crippen molar-refractivity contribution in [1.82, 2.24) is 4.90 Å². The second-order valence-electron chi connectivity index (χ2n) is 3.48. The summed E-state index contributed by atoms with van der Waals surface area (Å²) in [7, 11) is 0. The number of ether oxygens (including phenoxy) is 1. The highest BCUT2D eigenvalue weighted by atomic mass is 16.5. The monoisotopic (exact) mass is 202 g/mol. The molecule has 1 aliphatic heterocycles. The van der Waals surface area contributed by atoms with Gasteiger partial charge in [0.25, 0.3) is 0 Å². The molecule has 0 aromatic heterocycles. The van der Waals surface area contributed by atoms with Crippen molar-refractivity contribution in [2.75, 3.05) is 32.8 Å². The second kappa shape index (κ2) is 5.95. The molecular weight excluding hydrogens is 184 g/mol. The highest BCUT2D eigenvalue weighted by molar-refractivity contribution is 5.77. The average Bonchev–Trinajstić information content (AvgIpc) is 2.18. The van der Waals surface area contributed by atoms with Gasteiger partial charge in [-0.3, -0.25) is 4.79 Å². The van der Waals surface area contributed by atoms with Gasteiger partial charge in [-0.05, 0) is 12.8 Å². The van der Waals surface area contributed by atoms with Gasteiger partial charge in [-0.2, -0.15) is 0 Å². The third kappa shape index (κ3) is 3.61. The summed E-state index contributed by atoms with van der Waals surface area (Å²) in [5, 5.41) is 9.35. The molecule has 5 nitrogen and oxygen atoms in total. The van der Waals surface area contributed by atoms with Crippen molar-refractivity contribution in [1.29, 1.82) is 0 Å². The minimum Gasteiger partial charge on any atom is -0.391 e. The summed E-state index contributed by atoms with van der Waals surface area (Å²) in [6.07, 6.45) is 1.28. The van der Waals surface area contributed by atoms with Crippen LogP contribution in [0.15, 0.2) is 0 Å². The number of amides is 1. The minimum atomic E-state index is -0.373. The van der Waals surface area contributed by atoms with Crippen LogP contribution in [0.1, 0.15) is 12.8 Å². The van der Waals surface area contributed by atoms with Gasteiger partial charge < -0.3 is 20.5 Å². The van der Waals surface area contributed by atoms with Crippen LogP contribution in [0.3, 0.4) is 0 Å². The Morgan fingerprint density at radius 1 is 1.64 bits per heavy atom. The lowest BCUT2D eigenvalue weighted by Crippen LogP contribution is -2.43. The first-order valence-electron chi connectivity index (χ1n) is 4.97. The van der Waals surface area contributed by atoms with E-state index >= 15 is 0 Å². The number of nitrogens with zero attached hydrogens (tertiary/aromatic N) is 1. The van der Waals surface area contributed by atoms with Crippen molar-refractivity contribution >= 4 is 5.91 Å². The number of carbonyl (C=O) groups is 1. The summed E-state index contributed by atoms with van der Waals surface area (Å²) >= 11 is 0. The summed E-state index contributed by atoms with van der Waals surface area (Å²) in [5.74, 6) is -0.0581. The molecule has 0 bridgehead atoms. The van der Waals surface area contributed by atoms with Crippen LogP contribution in [-0.4, -0.2) is 54.9 Å². The van der Waals surface area contributed by atoms with E-state index in [-0.39, 0.29) is 18.6 Å². The molecule has 1 aliphatic rings. The predicted molar refractivity (Wildman–Crippen MR) is 51.7 cm³/mol. The SMILES string of the molecule is NCCOCC(=O)N1CCC[C@H](O)C1. The van der Waals surface area contributed by atoms with Crippen molar-refractivity contribution in [3.05, 3.63) is 0 Å². The topological polar surface area (TPSA) is 75.8 Å². The third-order valence-electron chi connectivity index (χ3n) is 2.24. The Kier molecular flexibility index (Phi) is 4.86. The standard InChI is InChI=1S/C9H18N2O3/c10-3-5-14-7-9(13)11-4-1-2-8(12)6-11/h8,12H,1-7,10H2/t8-/m0/s1. The zero-order valence-corrected chi connectivity index (χ0v) is 8.32. The second-order valence-corrected chi connectivity index (χ2v) is 3.48. The van der Waals surface area contributed by atoms with E-state index in [1.165, 1.54) is 0 Å². The van der Waals surface area contributed by atoms with Gasteiger partial charge in [0.1, 0.15) is 6.61 Å². The van der Waals surface area contributed by atoms with Crippen molar-refractivity contribution in [3.63, 3.8) is 0 Å². The molecule has 0 aliphatic carbocycles. The van der Waals surface area contributed by atoms with Crippen LogP contribution >= 0.6 is 0 Å². The quantitative estimate of drug-likeness (QED) is 0.570. The molecule has 82 valence electrons. The van der Waals surface area contributed by atoms with Gasteiger partial charge in [0.15, 0.2) is 0 Å². The minimum absolute atomic E-state index is 0.0581. The molecule has 1 rings (SSSR count). The maximum atomic E-state index is 11.5. The predicted octanol–water partition coefficient (Wildman–Crippen LogP) is -1.05. The molecule has 0 aromatic rings. The zero-order chi connectivity index (χ0) is 10.4. The highest BCUT2D eigenvalue weighted by Crippen LogP contribution is 2.09. The summed E-state index contributed by atoms with van der Waals surface area (Å²) in [6, 6.07) is 0. The average molecular weight is 202 g/mol. The van der Waals surface area contributed by atoms with Crippen LogP contribution < -0.4 is 5.73 Å². The molecule has 0 spiro atoms.